The Kier molecular flexibility index (Phi) is 4.54. The SMILES string of the molecule is CC1OCCC1(O)CNC(=O)Cc1ccc([N+](=O)[O-])cc1. The van der Waals surface area contributed by atoms with E-state index in [1.165, 1.54) is 12.1 Å². The van der Waals surface area contributed by atoms with Gasteiger partial charge in [-0.05, 0) is 12.5 Å². The molecule has 2 atom stereocenters. The fourth-order valence-electron chi connectivity index (χ4n) is 2.24. The third-order valence-electron chi connectivity index (χ3n) is 3.76. The minimum Gasteiger partial charge on any atom is -0.385 e. The highest BCUT2D eigenvalue weighted by Crippen LogP contribution is 2.24. The fourth-order valence-corrected chi connectivity index (χ4v) is 2.24. The van der Waals surface area contributed by atoms with Crippen molar-refractivity contribution in [3.63, 3.8) is 0 Å². The molecule has 0 radical (unpaired) electrons. The predicted molar refractivity (Wildman–Crippen MR) is 74.8 cm³/mol. The number of carbonyl (C=O) groups is 1. The molecule has 1 saturated heterocycles. The van der Waals surface area contributed by atoms with E-state index in [2.05, 4.69) is 5.32 Å². The van der Waals surface area contributed by atoms with Gasteiger partial charge in [-0.3, -0.25) is 14.9 Å². The van der Waals surface area contributed by atoms with Crippen molar-refractivity contribution in [2.45, 2.75) is 31.5 Å². The van der Waals surface area contributed by atoms with Gasteiger partial charge in [0.25, 0.3) is 5.69 Å². The van der Waals surface area contributed by atoms with E-state index in [-0.39, 0.29) is 30.7 Å². The Hall–Kier alpha value is -1.99. The molecule has 0 spiro atoms. The Bertz CT molecular complexity index is 531. The van der Waals surface area contributed by atoms with Gasteiger partial charge in [-0.2, -0.15) is 0 Å². The molecule has 1 amide bonds. The van der Waals surface area contributed by atoms with Gasteiger partial charge in [-0.1, -0.05) is 12.1 Å². The average molecular weight is 294 g/mol. The number of benzene rings is 1. The van der Waals surface area contributed by atoms with Crippen molar-refractivity contribution < 1.29 is 19.6 Å². The van der Waals surface area contributed by atoms with Gasteiger partial charge in [0.15, 0.2) is 0 Å². The summed E-state index contributed by atoms with van der Waals surface area (Å²) in [6, 6.07) is 5.83. The molecule has 1 aromatic carbocycles. The van der Waals surface area contributed by atoms with Gasteiger partial charge in [0.1, 0.15) is 5.60 Å². The van der Waals surface area contributed by atoms with Crippen molar-refractivity contribution in [3.8, 4) is 0 Å². The number of ether oxygens (including phenoxy) is 1. The minimum atomic E-state index is -1.02. The topological polar surface area (TPSA) is 102 Å². The number of hydrogen-bond acceptors (Lipinski definition) is 5. The molecule has 0 aliphatic carbocycles. The summed E-state index contributed by atoms with van der Waals surface area (Å²) < 4.78 is 5.29. The minimum absolute atomic E-state index is 0.00889. The number of nitro groups is 1. The van der Waals surface area contributed by atoms with Gasteiger partial charge in [0.05, 0.1) is 17.4 Å². The second kappa shape index (κ2) is 6.19. The summed E-state index contributed by atoms with van der Waals surface area (Å²) in [5, 5.41) is 23.5. The summed E-state index contributed by atoms with van der Waals surface area (Å²) in [4.78, 5) is 21.9. The first-order valence-corrected chi connectivity index (χ1v) is 6.75. The standard InChI is InChI=1S/C14H18N2O5/c1-10-14(18,6-7-21-10)9-15-13(17)8-11-2-4-12(5-3-11)16(19)20/h2-5,10,18H,6-9H2,1H3,(H,15,17). The lowest BCUT2D eigenvalue weighted by Gasteiger charge is -2.26. The highest BCUT2D eigenvalue weighted by molar-refractivity contribution is 5.78. The monoisotopic (exact) mass is 294 g/mol. The van der Waals surface area contributed by atoms with Crippen molar-refractivity contribution in [2.24, 2.45) is 0 Å². The molecular formula is C14H18N2O5. The molecule has 0 bridgehead atoms. The zero-order valence-electron chi connectivity index (χ0n) is 11.7. The highest BCUT2D eigenvalue weighted by atomic mass is 16.6. The van der Waals surface area contributed by atoms with Gasteiger partial charge in [0, 0.05) is 31.7 Å². The van der Waals surface area contributed by atoms with Crippen LogP contribution in [0.2, 0.25) is 0 Å². The first-order chi connectivity index (χ1) is 9.90. The van der Waals surface area contributed by atoms with E-state index >= 15 is 0 Å². The van der Waals surface area contributed by atoms with E-state index in [1.807, 2.05) is 0 Å². The average Bonchev–Trinajstić information content (AvgIpc) is 2.78. The molecule has 2 unspecified atom stereocenters. The van der Waals surface area contributed by atoms with Crippen LogP contribution in [0.1, 0.15) is 18.9 Å². The fraction of sp³-hybridized carbons (Fsp3) is 0.500. The molecule has 0 saturated carbocycles. The maximum absolute atomic E-state index is 11.8. The number of amides is 1. The van der Waals surface area contributed by atoms with Crippen molar-refractivity contribution >= 4 is 11.6 Å². The molecule has 1 fully saturated rings. The number of aliphatic hydroxyl groups is 1. The molecule has 7 nitrogen and oxygen atoms in total. The Morgan fingerprint density at radius 2 is 2.19 bits per heavy atom. The maximum atomic E-state index is 11.8. The summed E-state index contributed by atoms with van der Waals surface area (Å²) in [5.74, 6) is -0.239. The Morgan fingerprint density at radius 1 is 1.52 bits per heavy atom. The summed E-state index contributed by atoms with van der Waals surface area (Å²) in [5.41, 5.74) is -0.350. The third kappa shape index (κ3) is 3.77. The largest absolute Gasteiger partial charge is 0.385 e. The first-order valence-electron chi connectivity index (χ1n) is 6.75. The van der Waals surface area contributed by atoms with Crippen LogP contribution in [0.15, 0.2) is 24.3 Å². The molecule has 7 heteroatoms. The Balaban J connectivity index is 1.85. The van der Waals surface area contributed by atoms with Gasteiger partial charge in [-0.25, -0.2) is 0 Å². The smallest absolute Gasteiger partial charge is 0.269 e. The van der Waals surface area contributed by atoms with Crippen LogP contribution in [0.25, 0.3) is 0 Å². The van der Waals surface area contributed by atoms with Crippen LogP contribution in [0.4, 0.5) is 5.69 Å². The number of nitro benzene ring substituents is 1. The van der Waals surface area contributed by atoms with Crippen molar-refractivity contribution in [3.05, 3.63) is 39.9 Å². The van der Waals surface area contributed by atoms with Crippen LogP contribution in [0.3, 0.4) is 0 Å². The third-order valence-corrected chi connectivity index (χ3v) is 3.76. The maximum Gasteiger partial charge on any atom is 0.269 e. The lowest BCUT2D eigenvalue weighted by atomic mass is 9.96. The predicted octanol–water partition coefficient (Wildman–Crippen LogP) is 0.793. The van der Waals surface area contributed by atoms with E-state index in [0.717, 1.165) is 0 Å². The van der Waals surface area contributed by atoms with Crippen LogP contribution < -0.4 is 5.32 Å². The van der Waals surface area contributed by atoms with Crippen LogP contribution >= 0.6 is 0 Å². The summed E-state index contributed by atoms with van der Waals surface area (Å²) in [7, 11) is 0. The molecule has 1 aliphatic rings. The van der Waals surface area contributed by atoms with E-state index < -0.39 is 10.5 Å². The molecule has 2 N–H and O–H groups in total. The zero-order valence-corrected chi connectivity index (χ0v) is 11.7. The molecular weight excluding hydrogens is 276 g/mol. The number of carbonyl (C=O) groups excluding carboxylic acids is 1. The molecule has 1 aromatic rings. The van der Waals surface area contributed by atoms with E-state index in [1.54, 1.807) is 19.1 Å². The normalized spacial score (nSPS) is 24.8. The zero-order chi connectivity index (χ0) is 15.5. The second-order valence-electron chi connectivity index (χ2n) is 5.24. The lowest BCUT2D eigenvalue weighted by Crippen LogP contribution is -2.47. The van der Waals surface area contributed by atoms with Crippen LogP contribution in [-0.2, 0) is 16.0 Å². The summed E-state index contributed by atoms with van der Waals surface area (Å²) in [6.45, 7) is 2.39. The molecule has 1 aliphatic heterocycles. The number of non-ortho nitro benzene ring substituents is 1. The summed E-state index contributed by atoms with van der Waals surface area (Å²) >= 11 is 0. The van der Waals surface area contributed by atoms with Gasteiger partial charge >= 0.3 is 0 Å². The number of rotatable bonds is 5. The molecule has 2 rings (SSSR count). The highest BCUT2D eigenvalue weighted by Gasteiger charge is 2.39. The van der Waals surface area contributed by atoms with E-state index in [9.17, 15) is 20.0 Å². The molecule has 114 valence electrons. The number of hydrogen-bond donors (Lipinski definition) is 2. The van der Waals surface area contributed by atoms with Gasteiger partial charge < -0.3 is 15.2 Å². The second-order valence-corrected chi connectivity index (χ2v) is 5.24. The van der Waals surface area contributed by atoms with E-state index in [4.69, 9.17) is 4.74 Å². The number of nitrogens with one attached hydrogen (secondary N) is 1. The van der Waals surface area contributed by atoms with Crippen LogP contribution in [0, 0.1) is 10.1 Å². The van der Waals surface area contributed by atoms with Gasteiger partial charge in [0.2, 0.25) is 5.91 Å². The van der Waals surface area contributed by atoms with Crippen LogP contribution in [0.5, 0.6) is 0 Å². The summed E-state index contributed by atoms with van der Waals surface area (Å²) in [6.07, 6.45) is 0.298. The molecule has 1 heterocycles. The molecule has 0 aromatic heterocycles. The molecule has 21 heavy (non-hydrogen) atoms. The first kappa shape index (κ1) is 15.4. The quantitative estimate of drug-likeness (QED) is 0.617. The Morgan fingerprint density at radius 3 is 2.71 bits per heavy atom. The van der Waals surface area contributed by atoms with Crippen molar-refractivity contribution in [2.75, 3.05) is 13.2 Å². The van der Waals surface area contributed by atoms with Gasteiger partial charge in [-0.15, -0.1) is 0 Å². The number of nitrogens with zero attached hydrogens (tertiary/aromatic N) is 1. The van der Waals surface area contributed by atoms with Crippen molar-refractivity contribution in [1.29, 1.82) is 0 Å². The van der Waals surface area contributed by atoms with Crippen molar-refractivity contribution in [1.82, 2.24) is 5.32 Å². The van der Waals surface area contributed by atoms with Crippen LogP contribution in [-0.4, -0.2) is 40.8 Å². The van der Waals surface area contributed by atoms with E-state index in [0.29, 0.717) is 18.6 Å². The lowest BCUT2D eigenvalue weighted by molar-refractivity contribution is -0.384. The Labute approximate surface area is 122 Å².